The molecule has 2 rings (SSSR count). The van der Waals surface area contributed by atoms with Crippen LogP contribution in [0.3, 0.4) is 0 Å². The summed E-state index contributed by atoms with van der Waals surface area (Å²) in [6.07, 6.45) is 1.45. The second-order valence-electron chi connectivity index (χ2n) is 4.60. The Bertz CT molecular complexity index is 593. The summed E-state index contributed by atoms with van der Waals surface area (Å²) in [6, 6.07) is 1.79. The van der Waals surface area contributed by atoms with Crippen LogP contribution in [0.4, 0.5) is 17.5 Å². The Morgan fingerprint density at radius 3 is 2.55 bits per heavy atom. The molecule has 108 valence electrons. The zero-order chi connectivity index (χ0) is 14.7. The van der Waals surface area contributed by atoms with Gasteiger partial charge in [-0.3, -0.25) is 0 Å². The number of hydrazine groups is 1. The first-order valence-corrected chi connectivity index (χ1v) is 6.23. The molecule has 0 aliphatic rings. The fraction of sp³-hybridized carbons (Fsp3) is 0.417. The lowest BCUT2D eigenvalue weighted by Gasteiger charge is -2.15. The van der Waals surface area contributed by atoms with Gasteiger partial charge in [-0.2, -0.15) is 5.10 Å². The molecule has 0 fully saturated rings. The number of ether oxygens (including phenoxy) is 1. The van der Waals surface area contributed by atoms with E-state index in [-0.39, 0.29) is 5.92 Å². The molecule has 0 saturated heterocycles. The highest BCUT2D eigenvalue weighted by molar-refractivity contribution is 5.64. The SMILES string of the molecule is COc1cc(Nc2ncnc(NN)c2C(C)C)nn1C. The van der Waals surface area contributed by atoms with Gasteiger partial charge in [0.2, 0.25) is 5.88 Å². The Kier molecular flexibility index (Phi) is 4.04. The van der Waals surface area contributed by atoms with Gasteiger partial charge in [0.05, 0.1) is 7.11 Å². The van der Waals surface area contributed by atoms with Crippen molar-refractivity contribution in [3.05, 3.63) is 18.0 Å². The molecule has 20 heavy (non-hydrogen) atoms. The molecule has 0 aliphatic carbocycles. The van der Waals surface area contributed by atoms with E-state index in [1.165, 1.54) is 6.33 Å². The maximum Gasteiger partial charge on any atom is 0.213 e. The van der Waals surface area contributed by atoms with Gasteiger partial charge in [0.1, 0.15) is 18.0 Å². The molecule has 4 N–H and O–H groups in total. The van der Waals surface area contributed by atoms with Crippen LogP contribution in [0.2, 0.25) is 0 Å². The van der Waals surface area contributed by atoms with Crippen molar-refractivity contribution in [2.45, 2.75) is 19.8 Å². The van der Waals surface area contributed by atoms with E-state index >= 15 is 0 Å². The van der Waals surface area contributed by atoms with Crippen LogP contribution < -0.4 is 21.3 Å². The zero-order valence-electron chi connectivity index (χ0n) is 12.0. The Balaban J connectivity index is 2.37. The van der Waals surface area contributed by atoms with E-state index in [2.05, 4.69) is 25.8 Å². The number of rotatable bonds is 5. The van der Waals surface area contributed by atoms with E-state index in [4.69, 9.17) is 10.6 Å². The van der Waals surface area contributed by atoms with Crippen molar-refractivity contribution in [3.63, 3.8) is 0 Å². The van der Waals surface area contributed by atoms with E-state index in [1.54, 1.807) is 24.9 Å². The Hall–Kier alpha value is -2.35. The molecule has 2 aromatic rings. The number of aromatic nitrogens is 4. The van der Waals surface area contributed by atoms with E-state index < -0.39 is 0 Å². The summed E-state index contributed by atoms with van der Waals surface area (Å²) >= 11 is 0. The normalized spacial score (nSPS) is 10.7. The van der Waals surface area contributed by atoms with Crippen molar-refractivity contribution >= 4 is 17.5 Å². The molecule has 0 aliphatic heterocycles. The molecule has 0 spiro atoms. The standard InChI is InChI=1S/C12H19N7O/c1-7(2)10-11(14-6-15-12(10)17-13)16-8-5-9(20-4)19(3)18-8/h5-7H,13H2,1-4H3,(H2,14,15,16,17,18). The summed E-state index contributed by atoms with van der Waals surface area (Å²) in [4.78, 5) is 8.38. The lowest BCUT2D eigenvalue weighted by atomic mass is 10.0. The number of anilines is 3. The summed E-state index contributed by atoms with van der Waals surface area (Å²) in [5.41, 5.74) is 3.49. The van der Waals surface area contributed by atoms with E-state index in [1.807, 2.05) is 13.8 Å². The van der Waals surface area contributed by atoms with Gasteiger partial charge in [-0.05, 0) is 5.92 Å². The largest absolute Gasteiger partial charge is 0.481 e. The summed E-state index contributed by atoms with van der Waals surface area (Å²) in [6.45, 7) is 4.09. The molecular formula is C12H19N7O. The summed E-state index contributed by atoms with van der Waals surface area (Å²) in [5, 5.41) is 7.47. The van der Waals surface area contributed by atoms with Crippen molar-refractivity contribution in [2.75, 3.05) is 17.9 Å². The fourth-order valence-electron chi connectivity index (χ4n) is 1.98. The third-order valence-corrected chi connectivity index (χ3v) is 2.89. The Morgan fingerprint density at radius 1 is 1.30 bits per heavy atom. The highest BCUT2D eigenvalue weighted by Crippen LogP contribution is 2.30. The van der Waals surface area contributed by atoms with Crippen molar-refractivity contribution in [3.8, 4) is 5.88 Å². The quantitative estimate of drug-likeness (QED) is 0.560. The molecule has 0 atom stereocenters. The highest BCUT2D eigenvalue weighted by atomic mass is 16.5. The van der Waals surface area contributed by atoms with Crippen molar-refractivity contribution in [2.24, 2.45) is 12.9 Å². The van der Waals surface area contributed by atoms with E-state index in [9.17, 15) is 0 Å². The van der Waals surface area contributed by atoms with Crippen molar-refractivity contribution in [1.29, 1.82) is 0 Å². The predicted octanol–water partition coefficient (Wildman–Crippen LogP) is 1.37. The minimum absolute atomic E-state index is 0.204. The molecule has 0 unspecified atom stereocenters. The number of methoxy groups -OCH3 is 1. The average molecular weight is 277 g/mol. The maximum atomic E-state index is 5.49. The summed E-state index contributed by atoms with van der Waals surface area (Å²) in [7, 11) is 3.40. The molecule has 2 aromatic heterocycles. The van der Waals surface area contributed by atoms with Crippen LogP contribution >= 0.6 is 0 Å². The number of hydrogen-bond acceptors (Lipinski definition) is 7. The van der Waals surface area contributed by atoms with Gasteiger partial charge in [0.25, 0.3) is 0 Å². The minimum atomic E-state index is 0.204. The molecule has 0 saturated carbocycles. The molecule has 0 amide bonds. The Morgan fingerprint density at radius 2 is 2.00 bits per heavy atom. The number of nitrogens with zero attached hydrogens (tertiary/aromatic N) is 4. The monoisotopic (exact) mass is 277 g/mol. The third-order valence-electron chi connectivity index (χ3n) is 2.89. The van der Waals surface area contributed by atoms with Crippen LogP contribution in [-0.4, -0.2) is 26.9 Å². The van der Waals surface area contributed by atoms with E-state index in [0.717, 1.165) is 5.56 Å². The van der Waals surface area contributed by atoms with Crippen LogP contribution in [0, 0.1) is 0 Å². The number of nitrogens with two attached hydrogens (primary N) is 1. The van der Waals surface area contributed by atoms with Gasteiger partial charge in [-0.25, -0.2) is 20.5 Å². The smallest absolute Gasteiger partial charge is 0.213 e. The van der Waals surface area contributed by atoms with Gasteiger partial charge in [0, 0.05) is 18.7 Å². The van der Waals surface area contributed by atoms with Crippen LogP contribution in [0.25, 0.3) is 0 Å². The molecule has 0 radical (unpaired) electrons. The van der Waals surface area contributed by atoms with Crippen LogP contribution in [0.5, 0.6) is 5.88 Å². The van der Waals surface area contributed by atoms with Crippen LogP contribution in [-0.2, 0) is 7.05 Å². The second kappa shape index (κ2) is 5.74. The predicted molar refractivity (Wildman–Crippen MR) is 77.0 cm³/mol. The van der Waals surface area contributed by atoms with Gasteiger partial charge in [0.15, 0.2) is 5.82 Å². The van der Waals surface area contributed by atoms with Gasteiger partial charge in [-0.15, -0.1) is 0 Å². The lowest BCUT2D eigenvalue weighted by molar-refractivity contribution is 0.373. The first kappa shape index (κ1) is 14.1. The van der Waals surface area contributed by atoms with Gasteiger partial charge < -0.3 is 15.5 Å². The topological polar surface area (TPSA) is 103 Å². The van der Waals surface area contributed by atoms with Gasteiger partial charge in [-0.1, -0.05) is 13.8 Å². The molecule has 8 heteroatoms. The first-order chi connectivity index (χ1) is 9.56. The lowest BCUT2D eigenvalue weighted by Crippen LogP contribution is -2.14. The number of nitrogen functional groups attached to an aromatic ring is 1. The molecule has 2 heterocycles. The molecule has 0 aromatic carbocycles. The summed E-state index contributed by atoms with van der Waals surface area (Å²) < 4.78 is 6.82. The van der Waals surface area contributed by atoms with Crippen molar-refractivity contribution < 1.29 is 4.74 Å². The average Bonchev–Trinajstić information content (AvgIpc) is 2.78. The highest BCUT2D eigenvalue weighted by Gasteiger charge is 2.16. The van der Waals surface area contributed by atoms with Crippen LogP contribution in [0.15, 0.2) is 12.4 Å². The number of aryl methyl sites for hydroxylation is 1. The molecule has 8 nitrogen and oxygen atoms in total. The first-order valence-electron chi connectivity index (χ1n) is 6.23. The second-order valence-corrected chi connectivity index (χ2v) is 4.60. The molecule has 0 bridgehead atoms. The maximum absolute atomic E-state index is 5.49. The summed E-state index contributed by atoms with van der Waals surface area (Å²) in [5.74, 6) is 8.27. The Labute approximate surface area is 117 Å². The minimum Gasteiger partial charge on any atom is -0.481 e. The molecular weight excluding hydrogens is 258 g/mol. The fourth-order valence-corrected chi connectivity index (χ4v) is 1.98. The van der Waals surface area contributed by atoms with Crippen molar-refractivity contribution in [1.82, 2.24) is 19.7 Å². The number of hydrogen-bond donors (Lipinski definition) is 3. The van der Waals surface area contributed by atoms with Gasteiger partial charge >= 0.3 is 0 Å². The van der Waals surface area contributed by atoms with E-state index in [0.29, 0.717) is 23.3 Å². The van der Waals surface area contributed by atoms with Crippen LogP contribution in [0.1, 0.15) is 25.3 Å². The third kappa shape index (κ3) is 2.64. The number of nitrogens with one attached hydrogen (secondary N) is 2. The zero-order valence-corrected chi connectivity index (χ0v) is 12.0.